The van der Waals surface area contributed by atoms with E-state index in [1.54, 1.807) is 0 Å². The standard InChI is InChI=1S/C41H27N3O/c1-42-34-21-11-9-19-31(34)38(27-14-3-2-4-15-27)43-25-44-35-22-12-10-20-32(35)36-37-33-24-23-26-13-5-6-16-28(26)40(33)45-41(37)30-18-8-7-17-29(30)39(36)44/h2-24H,1,25H2/b43-38-. The summed E-state index contributed by atoms with van der Waals surface area (Å²) in [6.07, 6.45) is 0. The summed E-state index contributed by atoms with van der Waals surface area (Å²) in [5.74, 6) is 0. The van der Waals surface area contributed by atoms with Crippen molar-refractivity contribution in [3.05, 3.63) is 151 Å². The second-order valence-corrected chi connectivity index (χ2v) is 11.4. The van der Waals surface area contributed by atoms with Crippen LogP contribution < -0.4 is 0 Å². The molecule has 0 amide bonds. The van der Waals surface area contributed by atoms with Crippen LogP contribution in [0.4, 0.5) is 5.69 Å². The maximum Gasteiger partial charge on any atom is 0.144 e. The molecule has 7 aromatic carbocycles. The van der Waals surface area contributed by atoms with E-state index in [4.69, 9.17) is 9.41 Å². The highest BCUT2D eigenvalue weighted by Gasteiger charge is 2.23. The van der Waals surface area contributed by atoms with Gasteiger partial charge in [-0.2, -0.15) is 0 Å². The third-order valence-electron chi connectivity index (χ3n) is 8.97. The average molecular weight is 578 g/mol. The van der Waals surface area contributed by atoms with Crippen LogP contribution in [-0.2, 0) is 6.67 Å². The molecule has 2 aromatic heterocycles. The Balaban J connectivity index is 1.40. The molecule has 2 heterocycles. The zero-order valence-corrected chi connectivity index (χ0v) is 24.4. The van der Waals surface area contributed by atoms with Crippen molar-refractivity contribution in [2.75, 3.05) is 0 Å². The van der Waals surface area contributed by atoms with E-state index in [-0.39, 0.29) is 0 Å². The van der Waals surface area contributed by atoms with Gasteiger partial charge in [0, 0.05) is 48.8 Å². The normalized spacial score (nSPS) is 12.3. The van der Waals surface area contributed by atoms with Gasteiger partial charge in [0.05, 0.1) is 22.4 Å². The first-order valence-electron chi connectivity index (χ1n) is 15.1. The Bertz CT molecular complexity index is 2640. The summed E-state index contributed by atoms with van der Waals surface area (Å²) < 4.78 is 9.19. The average Bonchev–Trinajstić information content (AvgIpc) is 3.66. The molecule has 0 unspecified atom stereocenters. The van der Waals surface area contributed by atoms with Crippen molar-refractivity contribution in [1.82, 2.24) is 4.57 Å². The van der Waals surface area contributed by atoms with Gasteiger partial charge in [-0.05, 0) is 30.3 Å². The number of hydrogen-bond acceptors (Lipinski definition) is 3. The summed E-state index contributed by atoms with van der Waals surface area (Å²) in [6.45, 7) is 4.27. The van der Waals surface area contributed by atoms with Gasteiger partial charge in [0.15, 0.2) is 0 Å². The van der Waals surface area contributed by atoms with Crippen molar-refractivity contribution in [3.63, 3.8) is 0 Å². The van der Waals surface area contributed by atoms with Crippen molar-refractivity contribution in [3.8, 4) is 0 Å². The summed E-state index contributed by atoms with van der Waals surface area (Å²) in [5.41, 5.74) is 7.82. The van der Waals surface area contributed by atoms with Gasteiger partial charge in [0.25, 0.3) is 0 Å². The molecule has 9 rings (SSSR count). The largest absolute Gasteiger partial charge is 0.455 e. The molecule has 0 saturated carbocycles. The van der Waals surface area contributed by atoms with Crippen LogP contribution in [0.5, 0.6) is 0 Å². The molecule has 0 saturated heterocycles. The lowest BCUT2D eigenvalue weighted by Gasteiger charge is -2.12. The molecule has 0 aliphatic rings. The van der Waals surface area contributed by atoms with Gasteiger partial charge in [-0.15, -0.1) is 0 Å². The van der Waals surface area contributed by atoms with E-state index in [2.05, 4.69) is 119 Å². The Kier molecular flexibility index (Phi) is 5.69. The van der Waals surface area contributed by atoms with Gasteiger partial charge in [-0.1, -0.05) is 121 Å². The molecule has 9 aromatic rings. The zero-order chi connectivity index (χ0) is 29.9. The van der Waals surface area contributed by atoms with Crippen molar-refractivity contribution in [2.45, 2.75) is 6.67 Å². The molecule has 45 heavy (non-hydrogen) atoms. The highest BCUT2D eigenvalue weighted by atomic mass is 16.3. The third-order valence-corrected chi connectivity index (χ3v) is 8.97. The molecule has 0 radical (unpaired) electrons. The van der Waals surface area contributed by atoms with E-state index in [1.165, 1.54) is 16.2 Å². The number of nitrogens with zero attached hydrogens (tertiary/aromatic N) is 3. The van der Waals surface area contributed by atoms with Gasteiger partial charge in [-0.3, -0.25) is 9.98 Å². The van der Waals surface area contributed by atoms with Crippen LogP contribution in [-0.4, -0.2) is 17.0 Å². The molecule has 0 fully saturated rings. The van der Waals surface area contributed by atoms with Crippen LogP contribution >= 0.6 is 0 Å². The molecule has 0 N–H and O–H groups in total. The van der Waals surface area contributed by atoms with Gasteiger partial charge >= 0.3 is 0 Å². The lowest BCUT2D eigenvalue weighted by molar-refractivity contribution is 0.676. The van der Waals surface area contributed by atoms with Crippen LogP contribution in [0, 0.1) is 0 Å². The van der Waals surface area contributed by atoms with Gasteiger partial charge in [0.1, 0.15) is 17.8 Å². The Morgan fingerprint density at radius 1 is 0.578 bits per heavy atom. The van der Waals surface area contributed by atoms with Crippen molar-refractivity contribution in [1.29, 1.82) is 0 Å². The summed E-state index contributed by atoms with van der Waals surface area (Å²) in [4.78, 5) is 9.70. The lowest BCUT2D eigenvalue weighted by atomic mass is 9.98. The summed E-state index contributed by atoms with van der Waals surface area (Å²) >= 11 is 0. The fourth-order valence-electron chi connectivity index (χ4n) is 7.02. The van der Waals surface area contributed by atoms with Crippen LogP contribution in [0.25, 0.3) is 65.3 Å². The molecule has 0 aliphatic carbocycles. The van der Waals surface area contributed by atoms with Crippen molar-refractivity contribution >= 4 is 83.4 Å². The number of furan rings is 1. The zero-order valence-electron chi connectivity index (χ0n) is 24.4. The first-order chi connectivity index (χ1) is 22.3. The molecule has 0 atom stereocenters. The SMILES string of the molecule is C=Nc1ccccc1/C(=N\Cn1c2ccccc2c2c3c4ccc5ccccc5c4oc3c3ccccc3c21)c1ccccc1. The van der Waals surface area contributed by atoms with Crippen LogP contribution in [0.1, 0.15) is 11.1 Å². The number of aromatic nitrogens is 1. The molecule has 0 bridgehead atoms. The van der Waals surface area contributed by atoms with Gasteiger partial charge in [0.2, 0.25) is 0 Å². The predicted molar refractivity (Wildman–Crippen MR) is 189 cm³/mol. The van der Waals surface area contributed by atoms with Crippen LogP contribution in [0.3, 0.4) is 0 Å². The Morgan fingerprint density at radius 3 is 2.11 bits per heavy atom. The summed E-state index contributed by atoms with van der Waals surface area (Å²) in [6, 6.07) is 48.5. The fraction of sp³-hybridized carbons (Fsp3) is 0.0244. The second kappa shape index (κ2) is 10.0. The van der Waals surface area contributed by atoms with E-state index >= 15 is 0 Å². The predicted octanol–water partition coefficient (Wildman–Crippen LogP) is 10.8. The second-order valence-electron chi connectivity index (χ2n) is 11.4. The first-order valence-corrected chi connectivity index (χ1v) is 15.1. The smallest absolute Gasteiger partial charge is 0.144 e. The minimum absolute atomic E-state index is 0.425. The van der Waals surface area contributed by atoms with E-state index in [0.29, 0.717) is 6.67 Å². The number of hydrogen-bond donors (Lipinski definition) is 0. The van der Waals surface area contributed by atoms with Gasteiger partial charge in [-0.25, -0.2) is 0 Å². The van der Waals surface area contributed by atoms with E-state index in [0.717, 1.165) is 71.7 Å². The van der Waals surface area contributed by atoms with E-state index in [1.807, 2.05) is 36.4 Å². The quantitative estimate of drug-likeness (QED) is 0.188. The topological polar surface area (TPSA) is 42.8 Å². The monoisotopic (exact) mass is 577 g/mol. The van der Waals surface area contributed by atoms with Crippen LogP contribution in [0.15, 0.2) is 154 Å². The molecule has 212 valence electrons. The summed E-state index contributed by atoms with van der Waals surface area (Å²) in [5, 5.41) is 9.18. The molecule has 0 aliphatic heterocycles. The maximum absolute atomic E-state index is 6.83. The minimum Gasteiger partial charge on any atom is -0.455 e. The minimum atomic E-state index is 0.425. The highest BCUT2D eigenvalue weighted by Crippen LogP contribution is 2.46. The third kappa shape index (κ3) is 3.79. The Hall–Kier alpha value is -6.00. The van der Waals surface area contributed by atoms with Crippen molar-refractivity contribution in [2.24, 2.45) is 9.98 Å². The number of rotatable bonds is 5. The molecular formula is C41H27N3O. The van der Waals surface area contributed by atoms with Crippen LogP contribution in [0.2, 0.25) is 0 Å². The first kappa shape index (κ1) is 25.5. The lowest BCUT2D eigenvalue weighted by Crippen LogP contribution is -2.07. The van der Waals surface area contributed by atoms with Gasteiger partial charge < -0.3 is 8.98 Å². The van der Waals surface area contributed by atoms with Crippen molar-refractivity contribution < 1.29 is 4.42 Å². The fourth-order valence-corrected chi connectivity index (χ4v) is 7.02. The van der Waals surface area contributed by atoms with E-state index < -0.39 is 0 Å². The number of aliphatic imine (C=N–C) groups is 2. The summed E-state index contributed by atoms with van der Waals surface area (Å²) in [7, 11) is 0. The molecule has 4 nitrogen and oxygen atoms in total. The molecule has 0 spiro atoms. The Morgan fingerprint density at radius 2 is 1.27 bits per heavy atom. The number of para-hydroxylation sites is 2. The van der Waals surface area contributed by atoms with E-state index in [9.17, 15) is 0 Å². The molecular weight excluding hydrogens is 550 g/mol. The highest BCUT2D eigenvalue weighted by molar-refractivity contribution is 6.36. The maximum atomic E-state index is 6.83. The number of benzene rings is 7. The number of fused-ring (bicyclic) bond motifs is 12. The molecule has 4 heteroatoms. The Labute approximate surface area is 259 Å².